The van der Waals surface area contributed by atoms with Crippen LogP contribution in [0.3, 0.4) is 0 Å². The maximum atomic E-state index is 12.7. The molecular weight excluding hydrogens is 328 g/mol. The standard InChI is InChI=1S/C19H20N6O/c1-12(2)9-10-24-11-20-18-16(19(24)26)21-22-17-15(13(3)23-25(17)18)14-7-5-4-6-8-14/h4-8,11-12H,9-10H2,1-3H3. The first kappa shape index (κ1) is 16.4. The second-order valence-corrected chi connectivity index (χ2v) is 6.86. The Kier molecular flexibility index (Phi) is 3.99. The van der Waals surface area contributed by atoms with Gasteiger partial charge in [0.05, 0.1) is 11.3 Å². The van der Waals surface area contributed by atoms with Crippen molar-refractivity contribution in [3.63, 3.8) is 0 Å². The fourth-order valence-electron chi connectivity index (χ4n) is 3.06. The molecule has 4 aromatic rings. The molecule has 26 heavy (non-hydrogen) atoms. The van der Waals surface area contributed by atoms with Gasteiger partial charge in [-0.2, -0.15) is 9.61 Å². The smallest absolute Gasteiger partial charge is 0.283 e. The van der Waals surface area contributed by atoms with Gasteiger partial charge in [0, 0.05) is 6.54 Å². The van der Waals surface area contributed by atoms with E-state index in [1.54, 1.807) is 15.4 Å². The molecule has 132 valence electrons. The molecule has 7 nitrogen and oxygen atoms in total. The molecule has 4 rings (SSSR count). The van der Waals surface area contributed by atoms with E-state index in [0.717, 1.165) is 23.2 Å². The lowest BCUT2D eigenvalue weighted by molar-refractivity contribution is 0.505. The van der Waals surface area contributed by atoms with Gasteiger partial charge in [-0.15, -0.1) is 10.2 Å². The van der Waals surface area contributed by atoms with Gasteiger partial charge < -0.3 is 0 Å². The zero-order chi connectivity index (χ0) is 18.3. The normalized spacial score (nSPS) is 11.7. The minimum atomic E-state index is -0.181. The first-order chi connectivity index (χ1) is 12.6. The lowest BCUT2D eigenvalue weighted by Gasteiger charge is -2.08. The van der Waals surface area contributed by atoms with Crippen LogP contribution in [0.25, 0.3) is 27.9 Å². The van der Waals surface area contributed by atoms with Gasteiger partial charge in [-0.25, -0.2) is 4.98 Å². The summed E-state index contributed by atoms with van der Waals surface area (Å²) in [6, 6.07) is 9.92. The zero-order valence-corrected chi connectivity index (χ0v) is 15.0. The quantitative estimate of drug-likeness (QED) is 0.567. The molecule has 0 unspecified atom stereocenters. The summed E-state index contributed by atoms with van der Waals surface area (Å²) in [4.78, 5) is 17.2. The largest absolute Gasteiger partial charge is 0.297 e. The van der Waals surface area contributed by atoms with Gasteiger partial charge in [0.1, 0.15) is 6.33 Å². The van der Waals surface area contributed by atoms with E-state index in [0.29, 0.717) is 23.8 Å². The van der Waals surface area contributed by atoms with Gasteiger partial charge in [0.25, 0.3) is 5.56 Å². The molecule has 0 spiro atoms. The molecule has 1 aromatic carbocycles. The highest BCUT2D eigenvalue weighted by Gasteiger charge is 2.18. The molecule has 0 bridgehead atoms. The first-order valence-electron chi connectivity index (χ1n) is 8.73. The fraction of sp³-hybridized carbons (Fsp3) is 0.316. The number of rotatable bonds is 4. The molecule has 0 amide bonds. The van der Waals surface area contributed by atoms with Crippen molar-refractivity contribution in [2.75, 3.05) is 0 Å². The minimum absolute atomic E-state index is 0.181. The molecular formula is C19H20N6O. The third-order valence-electron chi connectivity index (χ3n) is 4.49. The van der Waals surface area contributed by atoms with Crippen molar-refractivity contribution in [3.05, 3.63) is 52.7 Å². The summed E-state index contributed by atoms with van der Waals surface area (Å²) in [5.41, 5.74) is 3.85. The third-order valence-corrected chi connectivity index (χ3v) is 4.49. The van der Waals surface area contributed by atoms with E-state index in [1.807, 2.05) is 37.3 Å². The van der Waals surface area contributed by atoms with Crippen LogP contribution in [-0.2, 0) is 6.54 Å². The van der Waals surface area contributed by atoms with Gasteiger partial charge in [0.2, 0.25) is 0 Å². The van der Waals surface area contributed by atoms with Crippen LogP contribution in [0.4, 0.5) is 0 Å². The Labute approximate surface area is 150 Å². The lowest BCUT2D eigenvalue weighted by atomic mass is 10.1. The van der Waals surface area contributed by atoms with Crippen molar-refractivity contribution in [1.82, 2.24) is 29.4 Å². The van der Waals surface area contributed by atoms with Gasteiger partial charge in [-0.1, -0.05) is 44.2 Å². The van der Waals surface area contributed by atoms with Crippen molar-refractivity contribution in [3.8, 4) is 11.1 Å². The molecule has 0 aliphatic carbocycles. The summed E-state index contributed by atoms with van der Waals surface area (Å²) in [6.45, 7) is 6.79. The molecule has 0 saturated carbocycles. The van der Waals surface area contributed by atoms with Crippen LogP contribution in [0.1, 0.15) is 26.0 Å². The number of nitrogens with zero attached hydrogens (tertiary/aromatic N) is 6. The van der Waals surface area contributed by atoms with Crippen LogP contribution < -0.4 is 5.56 Å². The van der Waals surface area contributed by atoms with Crippen molar-refractivity contribution in [2.24, 2.45) is 5.92 Å². The fourth-order valence-corrected chi connectivity index (χ4v) is 3.06. The van der Waals surface area contributed by atoms with Crippen molar-refractivity contribution < 1.29 is 0 Å². The predicted molar refractivity (Wildman–Crippen MR) is 100.0 cm³/mol. The molecule has 0 fully saturated rings. The zero-order valence-electron chi connectivity index (χ0n) is 15.0. The Morgan fingerprint density at radius 2 is 1.85 bits per heavy atom. The van der Waals surface area contributed by atoms with Crippen LogP contribution in [0.5, 0.6) is 0 Å². The second kappa shape index (κ2) is 6.33. The van der Waals surface area contributed by atoms with Crippen molar-refractivity contribution in [2.45, 2.75) is 33.7 Å². The number of aromatic nitrogens is 6. The van der Waals surface area contributed by atoms with Crippen LogP contribution in [0.2, 0.25) is 0 Å². The highest BCUT2D eigenvalue weighted by atomic mass is 16.1. The Hall–Kier alpha value is -3.09. The molecule has 0 N–H and O–H groups in total. The molecule has 7 heteroatoms. The minimum Gasteiger partial charge on any atom is -0.297 e. The Morgan fingerprint density at radius 3 is 2.58 bits per heavy atom. The second-order valence-electron chi connectivity index (χ2n) is 6.86. The lowest BCUT2D eigenvalue weighted by Crippen LogP contribution is -2.23. The van der Waals surface area contributed by atoms with E-state index in [9.17, 15) is 4.79 Å². The Bertz CT molecular complexity index is 1140. The SMILES string of the molecule is Cc1nn2c(nnc3c(=O)n(CCC(C)C)cnc32)c1-c1ccccc1. The average Bonchev–Trinajstić information content (AvgIpc) is 2.98. The van der Waals surface area contributed by atoms with Gasteiger partial charge in [0.15, 0.2) is 16.8 Å². The highest BCUT2D eigenvalue weighted by Crippen LogP contribution is 2.27. The monoisotopic (exact) mass is 348 g/mol. The van der Waals surface area contributed by atoms with Crippen LogP contribution in [-0.4, -0.2) is 29.4 Å². The predicted octanol–water partition coefficient (Wildman–Crippen LogP) is 2.86. The Morgan fingerprint density at radius 1 is 1.08 bits per heavy atom. The van der Waals surface area contributed by atoms with E-state index in [2.05, 4.69) is 34.1 Å². The van der Waals surface area contributed by atoms with E-state index in [-0.39, 0.29) is 11.1 Å². The highest BCUT2D eigenvalue weighted by molar-refractivity contribution is 5.83. The average molecular weight is 348 g/mol. The third kappa shape index (κ3) is 2.65. The van der Waals surface area contributed by atoms with Crippen LogP contribution >= 0.6 is 0 Å². The summed E-state index contributed by atoms with van der Waals surface area (Å²) in [7, 11) is 0. The number of fused-ring (bicyclic) bond motifs is 3. The van der Waals surface area contributed by atoms with E-state index in [1.165, 1.54) is 0 Å². The van der Waals surface area contributed by atoms with E-state index < -0.39 is 0 Å². The number of hydrogen-bond donors (Lipinski definition) is 0. The van der Waals surface area contributed by atoms with Crippen molar-refractivity contribution >= 4 is 16.8 Å². The molecule has 0 aliphatic rings. The maximum Gasteiger partial charge on any atom is 0.283 e. The summed E-state index contributed by atoms with van der Waals surface area (Å²) in [6.07, 6.45) is 2.48. The summed E-state index contributed by atoms with van der Waals surface area (Å²) in [5.74, 6) is 0.508. The van der Waals surface area contributed by atoms with Crippen LogP contribution in [0, 0.1) is 12.8 Å². The first-order valence-corrected chi connectivity index (χ1v) is 8.73. The summed E-state index contributed by atoms with van der Waals surface area (Å²) >= 11 is 0. The van der Waals surface area contributed by atoms with E-state index >= 15 is 0 Å². The van der Waals surface area contributed by atoms with Gasteiger partial charge in [-0.3, -0.25) is 9.36 Å². The Balaban J connectivity index is 1.92. The molecule has 0 radical (unpaired) electrons. The molecule has 0 atom stereocenters. The van der Waals surface area contributed by atoms with E-state index in [4.69, 9.17) is 0 Å². The number of benzene rings is 1. The van der Waals surface area contributed by atoms with Gasteiger partial charge in [-0.05, 0) is 24.8 Å². The maximum absolute atomic E-state index is 12.7. The van der Waals surface area contributed by atoms with Gasteiger partial charge >= 0.3 is 0 Å². The number of hydrogen-bond acceptors (Lipinski definition) is 5. The molecule has 3 heterocycles. The topological polar surface area (TPSA) is 78.0 Å². The number of aryl methyl sites for hydroxylation is 2. The molecule has 0 aliphatic heterocycles. The molecule has 3 aromatic heterocycles. The summed E-state index contributed by atoms with van der Waals surface area (Å²) < 4.78 is 3.21. The van der Waals surface area contributed by atoms with Crippen LogP contribution in [0.15, 0.2) is 41.5 Å². The van der Waals surface area contributed by atoms with Crippen molar-refractivity contribution in [1.29, 1.82) is 0 Å². The molecule has 0 saturated heterocycles. The summed E-state index contributed by atoms with van der Waals surface area (Å²) in [5, 5.41) is 13.1.